The third kappa shape index (κ3) is 2.40. The Morgan fingerprint density at radius 2 is 2.05 bits per heavy atom. The van der Waals surface area contributed by atoms with Crippen LogP contribution < -0.4 is 5.32 Å². The Morgan fingerprint density at radius 3 is 2.58 bits per heavy atom. The van der Waals surface area contributed by atoms with Crippen molar-refractivity contribution in [2.75, 3.05) is 6.54 Å². The Kier molecular flexibility index (Phi) is 3.97. The molecule has 2 amide bonds. The molecule has 4 heteroatoms. The normalized spacial score (nSPS) is 26.1. The number of nitrogens with one attached hydrogen (secondary N) is 1. The molecule has 1 aliphatic carbocycles. The van der Waals surface area contributed by atoms with E-state index < -0.39 is 5.54 Å². The highest BCUT2D eigenvalue weighted by atomic mass is 16.2. The average molecular weight is 264 g/mol. The van der Waals surface area contributed by atoms with Gasteiger partial charge in [0.1, 0.15) is 11.6 Å². The smallest absolute Gasteiger partial charge is 0.246 e. The zero-order valence-electron chi connectivity index (χ0n) is 11.9. The molecular formula is C15H24N2O2. The van der Waals surface area contributed by atoms with Gasteiger partial charge in [-0.25, -0.2) is 0 Å². The van der Waals surface area contributed by atoms with Gasteiger partial charge < -0.3 is 10.2 Å². The van der Waals surface area contributed by atoms with Gasteiger partial charge in [0.25, 0.3) is 0 Å². The number of nitrogens with zero attached hydrogens (tertiary/aromatic N) is 1. The van der Waals surface area contributed by atoms with Gasteiger partial charge in [0.15, 0.2) is 0 Å². The van der Waals surface area contributed by atoms with Gasteiger partial charge in [0, 0.05) is 6.54 Å². The Balaban J connectivity index is 2.26. The van der Waals surface area contributed by atoms with Gasteiger partial charge in [0.05, 0.1) is 0 Å². The summed E-state index contributed by atoms with van der Waals surface area (Å²) in [6, 6.07) is -0.362. The summed E-state index contributed by atoms with van der Waals surface area (Å²) >= 11 is 0. The lowest BCUT2D eigenvalue weighted by atomic mass is 9.87. The number of hydrogen-bond donors (Lipinski definition) is 1. The standard InChI is InChI=1S/C15H24N2O2/c1-4-9-17-13(18)12(10-11(2)3)16-14(19)15(17)7-5-6-8-15/h4,11-12H,1,5-10H2,2-3H3,(H,16,19). The number of piperazine rings is 1. The Hall–Kier alpha value is -1.32. The molecule has 1 atom stereocenters. The van der Waals surface area contributed by atoms with Crippen molar-refractivity contribution in [3.63, 3.8) is 0 Å². The van der Waals surface area contributed by atoms with E-state index >= 15 is 0 Å². The van der Waals surface area contributed by atoms with Crippen LogP contribution >= 0.6 is 0 Å². The molecule has 1 saturated heterocycles. The molecule has 1 saturated carbocycles. The summed E-state index contributed by atoms with van der Waals surface area (Å²) in [6.07, 6.45) is 6.03. The lowest BCUT2D eigenvalue weighted by Crippen LogP contribution is -2.69. The van der Waals surface area contributed by atoms with E-state index in [0.717, 1.165) is 25.7 Å². The van der Waals surface area contributed by atoms with Gasteiger partial charge in [-0.1, -0.05) is 32.8 Å². The van der Waals surface area contributed by atoms with Crippen LogP contribution in [0, 0.1) is 5.92 Å². The molecule has 19 heavy (non-hydrogen) atoms. The third-order valence-corrected chi connectivity index (χ3v) is 4.26. The topological polar surface area (TPSA) is 49.4 Å². The van der Waals surface area contributed by atoms with E-state index in [1.807, 2.05) is 0 Å². The second-order valence-electron chi connectivity index (χ2n) is 6.13. The number of rotatable bonds is 4. The molecule has 0 aromatic heterocycles. The van der Waals surface area contributed by atoms with Crippen molar-refractivity contribution in [1.29, 1.82) is 0 Å². The zero-order chi connectivity index (χ0) is 14.0. The highest BCUT2D eigenvalue weighted by Crippen LogP contribution is 2.38. The van der Waals surface area contributed by atoms with Gasteiger partial charge in [0.2, 0.25) is 11.8 Å². The lowest BCUT2D eigenvalue weighted by Gasteiger charge is -2.46. The molecule has 2 fully saturated rings. The lowest BCUT2D eigenvalue weighted by molar-refractivity contribution is -0.156. The second kappa shape index (κ2) is 5.35. The number of hydrogen-bond acceptors (Lipinski definition) is 2. The third-order valence-electron chi connectivity index (χ3n) is 4.26. The van der Waals surface area contributed by atoms with Crippen LogP contribution in [0.4, 0.5) is 0 Å². The average Bonchev–Trinajstić information content (AvgIpc) is 2.82. The summed E-state index contributed by atoms with van der Waals surface area (Å²) in [7, 11) is 0. The van der Waals surface area contributed by atoms with Crippen molar-refractivity contribution < 1.29 is 9.59 Å². The highest BCUT2D eigenvalue weighted by Gasteiger charge is 2.53. The van der Waals surface area contributed by atoms with Crippen LogP contribution in [0.15, 0.2) is 12.7 Å². The monoisotopic (exact) mass is 264 g/mol. The minimum atomic E-state index is -0.598. The van der Waals surface area contributed by atoms with Crippen LogP contribution in [0.5, 0.6) is 0 Å². The van der Waals surface area contributed by atoms with Crippen LogP contribution in [0.3, 0.4) is 0 Å². The summed E-state index contributed by atoms with van der Waals surface area (Å²) < 4.78 is 0. The Bertz CT molecular complexity index is 384. The Labute approximate surface area is 115 Å². The highest BCUT2D eigenvalue weighted by molar-refractivity contribution is 6.00. The molecule has 1 unspecified atom stereocenters. The predicted molar refractivity (Wildman–Crippen MR) is 74.5 cm³/mol. The molecule has 4 nitrogen and oxygen atoms in total. The summed E-state index contributed by atoms with van der Waals surface area (Å²) in [5.41, 5.74) is -0.598. The number of carbonyl (C=O) groups excluding carboxylic acids is 2. The fraction of sp³-hybridized carbons (Fsp3) is 0.733. The molecule has 1 spiro atoms. The molecule has 2 rings (SSSR count). The maximum Gasteiger partial charge on any atom is 0.246 e. The summed E-state index contributed by atoms with van der Waals surface area (Å²) in [6.45, 7) is 8.34. The van der Waals surface area contributed by atoms with Crippen LogP contribution in [0.2, 0.25) is 0 Å². The van der Waals surface area contributed by atoms with Crippen LogP contribution in [-0.2, 0) is 9.59 Å². The summed E-state index contributed by atoms with van der Waals surface area (Å²) in [4.78, 5) is 26.9. The first-order valence-corrected chi connectivity index (χ1v) is 7.24. The minimum absolute atomic E-state index is 0.0390. The molecule has 0 radical (unpaired) electrons. The maximum absolute atomic E-state index is 12.6. The van der Waals surface area contributed by atoms with Crippen molar-refractivity contribution in [3.8, 4) is 0 Å². The van der Waals surface area contributed by atoms with Gasteiger partial charge >= 0.3 is 0 Å². The second-order valence-corrected chi connectivity index (χ2v) is 6.13. The zero-order valence-corrected chi connectivity index (χ0v) is 11.9. The Morgan fingerprint density at radius 1 is 1.42 bits per heavy atom. The molecule has 2 aliphatic rings. The minimum Gasteiger partial charge on any atom is -0.342 e. The van der Waals surface area contributed by atoms with Crippen molar-refractivity contribution >= 4 is 11.8 Å². The molecule has 0 bridgehead atoms. The van der Waals surface area contributed by atoms with Gasteiger partial charge in [-0.05, 0) is 25.2 Å². The number of carbonyl (C=O) groups is 2. The van der Waals surface area contributed by atoms with Crippen molar-refractivity contribution in [3.05, 3.63) is 12.7 Å². The first kappa shape index (κ1) is 14.1. The largest absolute Gasteiger partial charge is 0.342 e. The van der Waals surface area contributed by atoms with E-state index in [4.69, 9.17) is 0 Å². The SMILES string of the molecule is C=CCN1C(=O)C(CC(C)C)NC(=O)C12CCCC2. The van der Waals surface area contributed by atoms with Crippen LogP contribution in [0.25, 0.3) is 0 Å². The summed E-state index contributed by atoms with van der Waals surface area (Å²) in [5.74, 6) is 0.490. The van der Waals surface area contributed by atoms with Crippen LogP contribution in [-0.4, -0.2) is 34.8 Å². The molecule has 1 heterocycles. The summed E-state index contributed by atoms with van der Waals surface area (Å²) in [5, 5.41) is 2.95. The van der Waals surface area contributed by atoms with E-state index in [2.05, 4.69) is 25.7 Å². The molecular weight excluding hydrogens is 240 g/mol. The fourth-order valence-electron chi connectivity index (χ4n) is 3.36. The first-order valence-electron chi connectivity index (χ1n) is 7.24. The van der Waals surface area contributed by atoms with Gasteiger partial charge in [-0.3, -0.25) is 9.59 Å². The van der Waals surface area contributed by atoms with Crippen molar-refractivity contribution in [2.45, 2.75) is 57.5 Å². The maximum atomic E-state index is 12.6. The van der Waals surface area contributed by atoms with Gasteiger partial charge in [-0.15, -0.1) is 6.58 Å². The van der Waals surface area contributed by atoms with E-state index in [-0.39, 0.29) is 17.9 Å². The van der Waals surface area contributed by atoms with E-state index in [0.29, 0.717) is 18.9 Å². The molecule has 106 valence electrons. The van der Waals surface area contributed by atoms with Crippen molar-refractivity contribution in [2.24, 2.45) is 5.92 Å². The molecule has 0 aromatic carbocycles. The van der Waals surface area contributed by atoms with Crippen molar-refractivity contribution in [1.82, 2.24) is 10.2 Å². The van der Waals surface area contributed by atoms with Crippen LogP contribution in [0.1, 0.15) is 46.0 Å². The first-order chi connectivity index (χ1) is 9.01. The molecule has 1 aliphatic heterocycles. The van der Waals surface area contributed by atoms with E-state index in [9.17, 15) is 9.59 Å². The van der Waals surface area contributed by atoms with E-state index in [1.165, 1.54) is 0 Å². The molecule has 1 N–H and O–H groups in total. The number of amides is 2. The predicted octanol–water partition coefficient (Wildman–Crippen LogP) is 1.86. The van der Waals surface area contributed by atoms with E-state index in [1.54, 1.807) is 11.0 Å². The fourth-order valence-corrected chi connectivity index (χ4v) is 3.36. The quantitative estimate of drug-likeness (QED) is 0.788. The molecule has 0 aromatic rings. The van der Waals surface area contributed by atoms with Gasteiger partial charge in [-0.2, -0.15) is 0 Å².